The van der Waals surface area contributed by atoms with E-state index in [0.717, 1.165) is 19.3 Å². The number of ether oxygens (including phenoxy) is 1. The summed E-state index contributed by atoms with van der Waals surface area (Å²) >= 11 is 0. The molecule has 0 unspecified atom stereocenters. The van der Waals surface area contributed by atoms with Crippen molar-refractivity contribution >= 4 is 0 Å². The molecule has 0 fully saturated rings. The molecule has 0 radical (unpaired) electrons. The van der Waals surface area contributed by atoms with Crippen molar-refractivity contribution in [3.05, 3.63) is 29.3 Å². The number of rotatable bonds is 10. The Hall–Kier alpha value is -0.520. The molecule has 130 valence electrons. The van der Waals surface area contributed by atoms with Gasteiger partial charge >= 0.3 is 22.4 Å². The Kier molecular flexibility index (Phi) is 11.7. The quantitative estimate of drug-likeness (QED) is 0.134. The van der Waals surface area contributed by atoms with Crippen molar-refractivity contribution in [1.29, 1.82) is 0 Å². The van der Waals surface area contributed by atoms with Crippen molar-refractivity contribution in [2.24, 2.45) is 0 Å². The van der Waals surface area contributed by atoms with Crippen LogP contribution in [0.25, 0.3) is 0 Å². The molecule has 0 aliphatic carbocycles. The fourth-order valence-corrected chi connectivity index (χ4v) is 2.04. The van der Waals surface area contributed by atoms with Crippen molar-refractivity contribution in [2.75, 3.05) is 6.61 Å². The molecule has 0 aliphatic rings. The molecule has 0 saturated carbocycles. The maximum Gasteiger partial charge on any atom is 1.00 e. The Balaban J connectivity index is 0.00000441. The minimum Gasteiger partial charge on any atom is -0.513 e. The van der Waals surface area contributed by atoms with Crippen LogP contribution in [0.15, 0.2) is 0 Å². The average Bonchev–Trinajstić information content (AvgIpc) is 2.46. The van der Waals surface area contributed by atoms with Gasteiger partial charge < -0.3 is 4.74 Å². The molecule has 0 spiro atoms. The van der Waals surface area contributed by atoms with Crippen LogP contribution in [0.5, 0.6) is 5.75 Å². The van der Waals surface area contributed by atoms with Crippen molar-refractivity contribution in [1.82, 2.24) is 0 Å². The fourth-order valence-electron chi connectivity index (χ4n) is 2.04. The summed E-state index contributed by atoms with van der Waals surface area (Å²) in [4.78, 5) is 0. The van der Waals surface area contributed by atoms with Gasteiger partial charge in [0.1, 0.15) is 0 Å². The predicted molar refractivity (Wildman–Crippen MR) is 73.2 cm³/mol. The molecule has 0 N–H and O–H groups in total. The first-order chi connectivity index (χ1) is 10.1. The van der Waals surface area contributed by atoms with E-state index in [9.17, 15) is 17.6 Å². The molecule has 0 atom stereocenters. The van der Waals surface area contributed by atoms with Crippen molar-refractivity contribution in [3.63, 3.8) is 0 Å². The number of hydrogen-bond donors (Lipinski definition) is 0. The van der Waals surface area contributed by atoms with Gasteiger partial charge in [-0.25, -0.2) is 8.78 Å². The van der Waals surface area contributed by atoms with Crippen LogP contribution < -0.4 is 4.74 Å². The molecule has 6 heteroatoms. The Morgan fingerprint density at radius 2 is 1.23 bits per heavy atom. The molecule has 1 rings (SSSR count). The van der Waals surface area contributed by atoms with E-state index in [4.69, 9.17) is 4.74 Å². The van der Waals surface area contributed by atoms with E-state index in [2.05, 4.69) is 6.92 Å². The molecule has 22 heavy (non-hydrogen) atoms. The predicted octanol–water partition coefficient (Wildman–Crippen LogP) is 5.56. The van der Waals surface area contributed by atoms with Gasteiger partial charge in [-0.2, -0.15) is 0 Å². The fraction of sp³-hybridized carbons (Fsp3) is 0.625. The van der Waals surface area contributed by atoms with E-state index in [1.807, 2.05) is 0 Å². The van der Waals surface area contributed by atoms with Gasteiger partial charge in [0, 0.05) is 0 Å². The second-order valence-corrected chi connectivity index (χ2v) is 5.03. The summed E-state index contributed by atoms with van der Waals surface area (Å²) in [5.41, 5.74) is 0. The summed E-state index contributed by atoms with van der Waals surface area (Å²) < 4.78 is 57.1. The molecular formula is C16H21AuF4O. The van der Waals surface area contributed by atoms with E-state index >= 15 is 0 Å². The third-order valence-electron chi connectivity index (χ3n) is 3.25. The average molecular weight is 502 g/mol. The van der Waals surface area contributed by atoms with E-state index in [-0.39, 0.29) is 29.0 Å². The zero-order valence-corrected chi connectivity index (χ0v) is 14.8. The van der Waals surface area contributed by atoms with Crippen molar-refractivity contribution in [3.8, 4) is 5.75 Å². The summed E-state index contributed by atoms with van der Waals surface area (Å²) in [5.74, 6) is -7.20. The van der Waals surface area contributed by atoms with E-state index in [1.54, 1.807) is 0 Å². The Morgan fingerprint density at radius 3 is 1.73 bits per heavy atom. The van der Waals surface area contributed by atoms with Gasteiger partial charge in [-0.05, 0) is 6.42 Å². The summed E-state index contributed by atoms with van der Waals surface area (Å²) in [5, 5.41) is 0. The Bertz CT molecular complexity index is 414. The van der Waals surface area contributed by atoms with Crippen LogP contribution in [0, 0.1) is 29.3 Å². The van der Waals surface area contributed by atoms with Gasteiger partial charge in [-0.1, -0.05) is 51.9 Å². The topological polar surface area (TPSA) is 9.23 Å². The van der Waals surface area contributed by atoms with Crippen LogP contribution in [-0.4, -0.2) is 6.61 Å². The minimum atomic E-state index is -1.57. The second-order valence-electron chi connectivity index (χ2n) is 5.03. The molecule has 0 heterocycles. The summed E-state index contributed by atoms with van der Waals surface area (Å²) in [6.45, 7) is 2.19. The molecule has 0 saturated heterocycles. The standard InChI is InChI=1S/C16H21F4O.Au/c1-2-3-4-5-6-7-8-9-10-21-16-14(19)12(17)11-13(18)15(16)20;/h2-10H2,1H3;/q-1;+1. The van der Waals surface area contributed by atoms with E-state index < -0.39 is 29.0 Å². The van der Waals surface area contributed by atoms with Crippen LogP contribution in [0.4, 0.5) is 17.6 Å². The maximum absolute atomic E-state index is 13.3. The number of benzene rings is 1. The summed E-state index contributed by atoms with van der Waals surface area (Å²) in [6, 6.07) is 1.32. The van der Waals surface area contributed by atoms with Crippen molar-refractivity contribution < 1.29 is 44.7 Å². The zero-order chi connectivity index (χ0) is 15.7. The van der Waals surface area contributed by atoms with Crippen molar-refractivity contribution in [2.45, 2.75) is 58.3 Å². The molecular weight excluding hydrogens is 481 g/mol. The first-order valence-corrected chi connectivity index (χ1v) is 7.46. The summed E-state index contributed by atoms with van der Waals surface area (Å²) in [7, 11) is 0. The van der Waals surface area contributed by atoms with Gasteiger partial charge in [0.05, 0.1) is 35.6 Å². The number of hydrogen-bond acceptors (Lipinski definition) is 1. The van der Waals surface area contributed by atoms with E-state index in [1.165, 1.54) is 31.7 Å². The molecule has 0 amide bonds. The van der Waals surface area contributed by atoms with Crippen LogP contribution in [0.2, 0.25) is 0 Å². The molecule has 1 aromatic carbocycles. The normalized spacial score (nSPS) is 10.4. The summed E-state index contributed by atoms with van der Waals surface area (Å²) in [6.07, 6.45) is 8.44. The van der Waals surface area contributed by atoms with Gasteiger partial charge in [-0.15, -0.1) is 6.07 Å². The van der Waals surface area contributed by atoms with Gasteiger partial charge in [-0.3, -0.25) is 8.78 Å². The molecule has 0 aliphatic heterocycles. The maximum atomic E-state index is 13.3. The number of halogens is 4. The second kappa shape index (κ2) is 12.0. The molecule has 0 aromatic heterocycles. The van der Waals surface area contributed by atoms with Crippen LogP contribution in [-0.2, 0) is 22.4 Å². The van der Waals surface area contributed by atoms with Gasteiger partial charge in [0.15, 0.2) is 0 Å². The van der Waals surface area contributed by atoms with Crippen LogP contribution >= 0.6 is 0 Å². The van der Waals surface area contributed by atoms with Gasteiger partial charge in [0.2, 0.25) is 0 Å². The number of unbranched alkanes of at least 4 members (excludes halogenated alkanes) is 7. The van der Waals surface area contributed by atoms with Gasteiger partial charge in [0.25, 0.3) is 0 Å². The van der Waals surface area contributed by atoms with Crippen LogP contribution in [0.1, 0.15) is 58.3 Å². The monoisotopic (exact) mass is 502 g/mol. The first kappa shape index (κ1) is 21.5. The minimum absolute atomic E-state index is 0. The third kappa shape index (κ3) is 7.16. The molecule has 1 nitrogen and oxygen atoms in total. The SMILES string of the molecule is CCCCCCCCCCOc1c(F)c(F)[c-]c(F)c1F.[Au+]. The smallest absolute Gasteiger partial charge is 0.513 e. The Morgan fingerprint density at radius 1 is 0.773 bits per heavy atom. The molecule has 0 bridgehead atoms. The Labute approximate surface area is 144 Å². The first-order valence-electron chi connectivity index (χ1n) is 7.46. The zero-order valence-electron chi connectivity index (χ0n) is 12.6. The van der Waals surface area contributed by atoms with Crippen LogP contribution in [0.3, 0.4) is 0 Å². The van der Waals surface area contributed by atoms with E-state index in [0.29, 0.717) is 6.42 Å². The largest absolute Gasteiger partial charge is 1.00 e. The molecule has 1 aromatic rings. The third-order valence-corrected chi connectivity index (χ3v) is 3.25.